The molecular weight excluding hydrogens is 518 g/mol. The lowest BCUT2D eigenvalue weighted by Crippen LogP contribution is -2.41. The molecule has 2 aliphatic heterocycles. The van der Waals surface area contributed by atoms with Crippen LogP contribution in [0.15, 0.2) is 53.5 Å². The number of carboxylic acid groups (broad SMARTS) is 1. The molecule has 0 amide bonds. The molecule has 0 radical (unpaired) electrons. The summed E-state index contributed by atoms with van der Waals surface area (Å²) in [6, 6.07) is 12.1. The number of hydrogen-bond donors (Lipinski definition) is 3. The van der Waals surface area contributed by atoms with Crippen LogP contribution in [0.25, 0.3) is 6.08 Å². The van der Waals surface area contributed by atoms with Crippen molar-refractivity contribution >= 4 is 39.4 Å². The van der Waals surface area contributed by atoms with Crippen molar-refractivity contribution in [2.24, 2.45) is 10.7 Å². The smallest absolute Gasteiger partial charge is 0.320 e. The summed E-state index contributed by atoms with van der Waals surface area (Å²) in [5.74, 6) is -0.631. The van der Waals surface area contributed by atoms with Crippen LogP contribution in [-0.4, -0.2) is 74.1 Å². The number of nitrogens with two attached hydrogens (primary N) is 1. The summed E-state index contributed by atoms with van der Waals surface area (Å²) in [6.45, 7) is 4.51. The second-order valence-corrected chi connectivity index (χ2v) is 11.7. The number of benzene rings is 2. The summed E-state index contributed by atoms with van der Waals surface area (Å²) in [5, 5.41) is 16.8. The van der Waals surface area contributed by atoms with Gasteiger partial charge in [0.15, 0.2) is 5.75 Å². The van der Waals surface area contributed by atoms with Crippen molar-refractivity contribution in [3.05, 3.63) is 65.2 Å². The van der Waals surface area contributed by atoms with E-state index in [-0.39, 0.29) is 18.5 Å². The molecule has 0 saturated carbocycles. The predicted octanol–water partition coefficient (Wildman–Crippen LogP) is 3.25. The quantitative estimate of drug-likeness (QED) is 0.302. The topological polar surface area (TPSA) is 149 Å². The first-order valence-corrected chi connectivity index (χ1v) is 14.6. The van der Waals surface area contributed by atoms with E-state index in [0.717, 1.165) is 60.7 Å². The number of aliphatic imine (C=N–C) groups is 1. The maximum absolute atomic E-state index is 13.0. The number of sulfonamides is 1. The van der Waals surface area contributed by atoms with Gasteiger partial charge in [-0.2, -0.15) is 0 Å². The molecule has 4 rings (SSSR count). The lowest BCUT2D eigenvalue weighted by molar-refractivity contribution is -0.134. The van der Waals surface area contributed by atoms with Gasteiger partial charge < -0.3 is 20.5 Å². The summed E-state index contributed by atoms with van der Waals surface area (Å²) in [5.41, 5.74) is 7.97. The Labute approximate surface area is 229 Å². The average molecular weight is 554 g/mol. The van der Waals surface area contributed by atoms with Crippen LogP contribution < -0.4 is 14.8 Å². The van der Waals surface area contributed by atoms with Crippen molar-refractivity contribution in [1.29, 1.82) is 5.41 Å². The summed E-state index contributed by atoms with van der Waals surface area (Å²) >= 11 is 0. The highest BCUT2D eigenvalue weighted by Crippen LogP contribution is 2.29. The lowest BCUT2D eigenvalue weighted by Gasteiger charge is -2.34. The second kappa shape index (κ2) is 12.3. The largest absolute Gasteiger partial charge is 0.490 e. The molecule has 4 N–H and O–H groups in total. The molecule has 0 aromatic heterocycles. The van der Waals surface area contributed by atoms with E-state index in [0.29, 0.717) is 17.0 Å². The van der Waals surface area contributed by atoms with Crippen LogP contribution in [0.5, 0.6) is 5.75 Å². The maximum Gasteiger partial charge on any atom is 0.320 e. The lowest BCUT2D eigenvalue weighted by atomic mass is 10.1. The normalized spacial score (nSPS) is 16.3. The fourth-order valence-corrected chi connectivity index (χ4v) is 6.04. The first kappa shape index (κ1) is 28.2. The first-order valence-electron chi connectivity index (χ1n) is 13.0. The molecule has 1 saturated heterocycles. The van der Waals surface area contributed by atoms with Crippen LogP contribution >= 0.6 is 0 Å². The van der Waals surface area contributed by atoms with E-state index in [9.17, 15) is 18.3 Å². The van der Waals surface area contributed by atoms with Crippen molar-refractivity contribution in [2.75, 3.05) is 36.2 Å². The number of hydrogen-bond acceptors (Lipinski definition) is 7. The molecule has 0 bridgehead atoms. The van der Waals surface area contributed by atoms with Gasteiger partial charge in [-0.1, -0.05) is 30.4 Å². The Morgan fingerprint density at radius 2 is 2.03 bits per heavy atom. The highest BCUT2D eigenvalue weighted by Gasteiger charge is 2.27. The Morgan fingerprint density at radius 1 is 1.26 bits per heavy atom. The fourth-order valence-electron chi connectivity index (χ4n) is 4.82. The van der Waals surface area contributed by atoms with E-state index >= 15 is 0 Å². The van der Waals surface area contributed by atoms with Crippen LogP contribution in [0.1, 0.15) is 42.4 Å². The molecule has 2 aromatic carbocycles. The third-order valence-corrected chi connectivity index (χ3v) is 8.46. The molecule has 2 aromatic rings. The van der Waals surface area contributed by atoms with Gasteiger partial charge in [0.1, 0.15) is 17.7 Å². The van der Waals surface area contributed by atoms with Gasteiger partial charge in [-0.05, 0) is 48.7 Å². The fraction of sp³-hybridized carbons (Fsp3) is 0.393. The second-order valence-electron chi connectivity index (χ2n) is 9.78. The number of rotatable bonds is 10. The molecule has 11 heteroatoms. The highest BCUT2D eigenvalue weighted by molar-refractivity contribution is 7.93. The van der Waals surface area contributed by atoms with Crippen LogP contribution in [0, 0.1) is 12.3 Å². The van der Waals surface area contributed by atoms with Crippen molar-refractivity contribution in [1.82, 2.24) is 4.90 Å². The summed E-state index contributed by atoms with van der Waals surface area (Å²) in [4.78, 5) is 18.2. The van der Waals surface area contributed by atoms with E-state index in [2.05, 4.69) is 9.89 Å². The highest BCUT2D eigenvalue weighted by atomic mass is 32.2. The Kier molecular flexibility index (Phi) is 8.90. The third-order valence-electron chi connectivity index (χ3n) is 6.82. The predicted molar refractivity (Wildman–Crippen MR) is 153 cm³/mol. The van der Waals surface area contributed by atoms with Gasteiger partial charge >= 0.3 is 5.97 Å². The minimum absolute atomic E-state index is 0.0633. The number of amidine groups is 2. The van der Waals surface area contributed by atoms with Crippen molar-refractivity contribution in [3.63, 3.8) is 0 Å². The van der Waals surface area contributed by atoms with Crippen molar-refractivity contribution in [2.45, 2.75) is 38.7 Å². The number of piperidine rings is 1. The summed E-state index contributed by atoms with van der Waals surface area (Å²) < 4.78 is 33.4. The first-order chi connectivity index (χ1) is 18.6. The molecule has 39 heavy (non-hydrogen) atoms. The molecule has 0 spiro atoms. The Hall–Kier alpha value is -3.86. The van der Waals surface area contributed by atoms with Gasteiger partial charge in [-0.25, -0.2) is 8.42 Å². The molecule has 208 valence electrons. The third kappa shape index (κ3) is 7.38. The molecule has 0 unspecified atom stereocenters. The average Bonchev–Trinajstić information content (AvgIpc) is 3.43. The Balaban J connectivity index is 1.47. The van der Waals surface area contributed by atoms with Gasteiger partial charge in [0.2, 0.25) is 10.0 Å². The van der Waals surface area contributed by atoms with E-state index < -0.39 is 21.7 Å². The van der Waals surface area contributed by atoms with Gasteiger partial charge in [0.05, 0.1) is 18.1 Å². The molecule has 0 aliphatic carbocycles. The summed E-state index contributed by atoms with van der Waals surface area (Å²) in [6.07, 6.45) is 7.36. The number of carboxylic acids is 1. The van der Waals surface area contributed by atoms with Gasteiger partial charge in [-0.15, -0.1) is 0 Å². The molecular formula is C28H35N5O5S. The van der Waals surface area contributed by atoms with Crippen LogP contribution in [0.3, 0.4) is 0 Å². The zero-order chi connectivity index (χ0) is 28.0. The number of likely N-dealkylation sites (tertiary alicyclic amines) is 1. The minimum atomic E-state index is -4.15. The SMILES string of the molecule is Cc1cc(N(CC=Cc2cccc(C(=N)N)c2)S(=O)(=O)CC(=O)O)ccc1OC1CCN(C2=NCCC2)CC1. The minimum Gasteiger partial charge on any atom is -0.490 e. The Morgan fingerprint density at radius 3 is 2.67 bits per heavy atom. The number of nitrogens with one attached hydrogen (secondary N) is 1. The van der Waals surface area contributed by atoms with E-state index in [1.54, 1.807) is 54.6 Å². The number of aryl methyl sites for hydroxylation is 1. The van der Waals surface area contributed by atoms with Gasteiger partial charge in [-0.3, -0.25) is 19.5 Å². The van der Waals surface area contributed by atoms with Crippen LogP contribution in [-0.2, 0) is 14.8 Å². The molecule has 10 nitrogen and oxygen atoms in total. The number of aliphatic carboxylic acids is 1. The zero-order valence-corrected chi connectivity index (χ0v) is 22.9. The molecule has 2 aliphatic rings. The van der Waals surface area contributed by atoms with Crippen molar-refractivity contribution < 1.29 is 23.1 Å². The number of carbonyl (C=O) groups is 1. The number of nitrogen functional groups attached to an aromatic ring is 1. The van der Waals surface area contributed by atoms with E-state index in [4.69, 9.17) is 15.9 Å². The number of ether oxygens (including phenoxy) is 1. The summed E-state index contributed by atoms with van der Waals surface area (Å²) in [7, 11) is -4.15. The standard InChI is InChI=1S/C28H35N5O5S/c1-20-17-23(9-10-25(20)38-24-11-15-32(16-12-24)26-8-3-13-31-26)33(39(36,37)19-27(34)35)14-4-6-21-5-2-7-22(18-21)28(29)30/h2,4-7,9-10,17-18,24H,3,8,11-16,19H2,1H3,(H3,29,30)(H,34,35). The maximum atomic E-state index is 13.0. The van der Waals surface area contributed by atoms with E-state index in [1.807, 2.05) is 6.92 Å². The number of nitrogens with zero attached hydrogens (tertiary/aromatic N) is 3. The van der Waals surface area contributed by atoms with Crippen LogP contribution in [0.2, 0.25) is 0 Å². The molecule has 1 fully saturated rings. The Bertz CT molecular complexity index is 1380. The zero-order valence-electron chi connectivity index (χ0n) is 22.0. The van der Waals surface area contributed by atoms with E-state index in [1.165, 1.54) is 5.84 Å². The van der Waals surface area contributed by atoms with Crippen LogP contribution in [0.4, 0.5) is 5.69 Å². The number of anilines is 1. The molecule has 2 heterocycles. The molecule has 0 atom stereocenters. The van der Waals surface area contributed by atoms with Gasteiger partial charge in [0, 0.05) is 44.5 Å². The van der Waals surface area contributed by atoms with Gasteiger partial charge in [0.25, 0.3) is 0 Å². The monoisotopic (exact) mass is 553 g/mol. The van der Waals surface area contributed by atoms with Crippen molar-refractivity contribution in [3.8, 4) is 5.75 Å².